The average molecular weight is 462 g/mol. The first kappa shape index (κ1) is 22.8. The van der Waals surface area contributed by atoms with Crippen LogP contribution in [0.1, 0.15) is 22.6 Å². The summed E-state index contributed by atoms with van der Waals surface area (Å²) in [6.45, 7) is 2.24. The minimum atomic E-state index is -3.58. The number of aromatic nitrogens is 3. The van der Waals surface area contributed by atoms with Crippen molar-refractivity contribution >= 4 is 10.0 Å². The molecule has 0 spiro atoms. The molecule has 8 heteroatoms. The number of rotatable bonds is 10. The van der Waals surface area contributed by atoms with Crippen LogP contribution in [0, 0.1) is 0 Å². The summed E-state index contributed by atoms with van der Waals surface area (Å²) >= 11 is 0. The van der Waals surface area contributed by atoms with E-state index < -0.39 is 10.0 Å². The summed E-state index contributed by atoms with van der Waals surface area (Å²) in [5, 5.41) is 0. The predicted octanol–water partition coefficient (Wildman–Crippen LogP) is 3.83. The molecule has 2 heterocycles. The quantitative estimate of drug-likeness (QED) is 0.388. The minimum absolute atomic E-state index is 0.284. The Kier molecular flexibility index (Phi) is 7.29. The van der Waals surface area contributed by atoms with Gasteiger partial charge >= 0.3 is 0 Å². The van der Waals surface area contributed by atoms with Gasteiger partial charge in [-0.2, -0.15) is 4.31 Å². The maximum absolute atomic E-state index is 13.0. The van der Waals surface area contributed by atoms with Gasteiger partial charge in [-0.3, -0.25) is 9.88 Å². The summed E-state index contributed by atoms with van der Waals surface area (Å²) in [6, 6.07) is 22.5. The Labute approximate surface area is 194 Å². The van der Waals surface area contributed by atoms with E-state index in [1.807, 2.05) is 60.7 Å². The topological polar surface area (TPSA) is 82.2 Å². The first-order valence-electron chi connectivity index (χ1n) is 10.7. The van der Waals surface area contributed by atoms with Crippen LogP contribution in [0.5, 0.6) is 0 Å². The zero-order valence-electron chi connectivity index (χ0n) is 18.5. The van der Waals surface area contributed by atoms with Gasteiger partial charge in [0.1, 0.15) is 5.82 Å². The van der Waals surface area contributed by atoms with Crippen LogP contribution >= 0.6 is 0 Å². The number of nitrogens with one attached hydrogen (secondary N) is 1. The first-order valence-corrected chi connectivity index (χ1v) is 12.1. The van der Waals surface area contributed by atoms with Gasteiger partial charge in [0.25, 0.3) is 0 Å². The molecule has 2 aromatic heterocycles. The molecule has 7 nitrogen and oxygen atoms in total. The third-order valence-electron chi connectivity index (χ3n) is 5.33. The molecule has 170 valence electrons. The van der Waals surface area contributed by atoms with E-state index in [4.69, 9.17) is 0 Å². The lowest BCUT2D eigenvalue weighted by Crippen LogP contribution is -2.26. The lowest BCUT2D eigenvalue weighted by Gasteiger charge is -2.21. The molecule has 0 fully saturated rings. The molecule has 4 aromatic rings. The number of sulfonamides is 1. The Hall–Kier alpha value is -3.33. The molecule has 4 rings (SSSR count). The van der Waals surface area contributed by atoms with E-state index in [2.05, 4.69) is 19.9 Å². The summed E-state index contributed by atoms with van der Waals surface area (Å²) in [6.07, 6.45) is 5.33. The fraction of sp³-hybridized carbons (Fsp3) is 0.200. The van der Waals surface area contributed by atoms with E-state index >= 15 is 0 Å². The SMILES string of the molecule is CN(Cc1ccccc1)S(=O)(=O)c1ccc(CN(Cc2ccccn2)Cc2ncc[nH]2)cc1. The Morgan fingerprint density at radius 2 is 1.48 bits per heavy atom. The summed E-state index contributed by atoms with van der Waals surface area (Å²) in [5.74, 6) is 0.868. The lowest BCUT2D eigenvalue weighted by molar-refractivity contribution is 0.239. The van der Waals surface area contributed by atoms with Crippen LogP contribution in [0.15, 0.2) is 96.3 Å². The van der Waals surface area contributed by atoms with Crippen LogP contribution in [0.25, 0.3) is 0 Å². The van der Waals surface area contributed by atoms with Crippen molar-refractivity contribution < 1.29 is 8.42 Å². The smallest absolute Gasteiger partial charge is 0.243 e. The van der Waals surface area contributed by atoms with Crippen LogP contribution in [0.3, 0.4) is 0 Å². The van der Waals surface area contributed by atoms with Gasteiger partial charge in [-0.25, -0.2) is 13.4 Å². The fourth-order valence-electron chi connectivity index (χ4n) is 3.62. The monoisotopic (exact) mass is 461 g/mol. The number of benzene rings is 2. The standard InChI is InChI=1S/C25H27N5O2S/c1-29(17-21-7-3-2-4-8-21)33(31,32)24-12-10-22(11-13-24)18-30(20-25-27-15-16-28-25)19-23-9-5-6-14-26-23/h2-16H,17-20H2,1H3,(H,27,28). The molecule has 0 saturated carbocycles. The van der Waals surface area contributed by atoms with Crippen LogP contribution in [-0.4, -0.2) is 39.6 Å². The molecular formula is C25H27N5O2S. The van der Waals surface area contributed by atoms with E-state index in [1.54, 1.807) is 37.8 Å². The number of H-pyrrole nitrogens is 1. The predicted molar refractivity (Wildman–Crippen MR) is 127 cm³/mol. The van der Waals surface area contributed by atoms with Crippen molar-refractivity contribution in [2.45, 2.75) is 31.1 Å². The third kappa shape index (κ3) is 6.13. The molecule has 2 aromatic carbocycles. The first-order chi connectivity index (χ1) is 16.0. The number of hydrogen-bond acceptors (Lipinski definition) is 5. The van der Waals surface area contributed by atoms with E-state index in [9.17, 15) is 8.42 Å². The van der Waals surface area contributed by atoms with Crippen molar-refractivity contribution in [3.8, 4) is 0 Å². The van der Waals surface area contributed by atoms with Gasteiger partial charge in [-0.05, 0) is 35.4 Å². The zero-order chi connectivity index (χ0) is 23.1. The van der Waals surface area contributed by atoms with Gasteiger partial charge in [0.05, 0.1) is 17.1 Å². The van der Waals surface area contributed by atoms with Gasteiger partial charge in [0, 0.05) is 45.3 Å². The van der Waals surface area contributed by atoms with Gasteiger partial charge in [0.15, 0.2) is 0 Å². The fourth-order valence-corrected chi connectivity index (χ4v) is 4.77. The maximum Gasteiger partial charge on any atom is 0.243 e. The van der Waals surface area contributed by atoms with E-state index in [-0.39, 0.29) is 4.90 Å². The van der Waals surface area contributed by atoms with Crippen molar-refractivity contribution in [2.75, 3.05) is 7.05 Å². The molecular weight excluding hydrogens is 434 g/mol. The molecule has 0 radical (unpaired) electrons. The molecule has 0 unspecified atom stereocenters. The van der Waals surface area contributed by atoms with Crippen molar-refractivity contribution in [1.29, 1.82) is 0 Å². The van der Waals surface area contributed by atoms with Crippen molar-refractivity contribution in [3.05, 3.63) is 114 Å². The largest absolute Gasteiger partial charge is 0.348 e. The van der Waals surface area contributed by atoms with Gasteiger partial charge < -0.3 is 4.98 Å². The number of nitrogens with zero attached hydrogens (tertiary/aromatic N) is 4. The number of pyridine rings is 1. The molecule has 0 amide bonds. The second-order valence-corrected chi connectivity index (χ2v) is 9.94. The van der Waals surface area contributed by atoms with Crippen LogP contribution in [0.2, 0.25) is 0 Å². The Balaban J connectivity index is 1.47. The Bertz CT molecular complexity index is 1230. The highest BCUT2D eigenvalue weighted by atomic mass is 32.2. The molecule has 0 aliphatic carbocycles. The maximum atomic E-state index is 13.0. The summed E-state index contributed by atoms with van der Waals surface area (Å²) < 4.78 is 27.4. The number of aromatic amines is 1. The van der Waals surface area contributed by atoms with Crippen molar-refractivity contribution in [3.63, 3.8) is 0 Å². The summed E-state index contributed by atoms with van der Waals surface area (Å²) in [5.41, 5.74) is 2.93. The highest BCUT2D eigenvalue weighted by Gasteiger charge is 2.21. The van der Waals surface area contributed by atoms with E-state index in [0.29, 0.717) is 26.2 Å². The normalized spacial score (nSPS) is 11.8. The van der Waals surface area contributed by atoms with E-state index in [0.717, 1.165) is 22.6 Å². The van der Waals surface area contributed by atoms with Crippen LogP contribution in [-0.2, 0) is 36.2 Å². The third-order valence-corrected chi connectivity index (χ3v) is 7.14. The van der Waals surface area contributed by atoms with Gasteiger partial charge in [-0.1, -0.05) is 48.5 Å². The molecule has 1 N–H and O–H groups in total. The highest BCUT2D eigenvalue weighted by molar-refractivity contribution is 7.89. The van der Waals surface area contributed by atoms with Crippen molar-refractivity contribution in [1.82, 2.24) is 24.2 Å². The van der Waals surface area contributed by atoms with Crippen LogP contribution < -0.4 is 0 Å². The van der Waals surface area contributed by atoms with E-state index in [1.165, 1.54) is 4.31 Å². The lowest BCUT2D eigenvalue weighted by atomic mass is 10.2. The van der Waals surface area contributed by atoms with Gasteiger partial charge in [-0.15, -0.1) is 0 Å². The molecule has 0 aliphatic heterocycles. The average Bonchev–Trinajstić information content (AvgIpc) is 3.34. The minimum Gasteiger partial charge on any atom is -0.348 e. The molecule has 0 saturated heterocycles. The summed E-state index contributed by atoms with van der Waals surface area (Å²) in [7, 11) is -1.97. The Morgan fingerprint density at radius 1 is 0.758 bits per heavy atom. The van der Waals surface area contributed by atoms with Crippen molar-refractivity contribution in [2.24, 2.45) is 0 Å². The van der Waals surface area contributed by atoms with Gasteiger partial charge in [0.2, 0.25) is 10.0 Å². The molecule has 0 aliphatic rings. The van der Waals surface area contributed by atoms with Crippen LogP contribution in [0.4, 0.5) is 0 Å². The number of hydrogen-bond donors (Lipinski definition) is 1. The second kappa shape index (κ2) is 10.5. The molecule has 0 atom stereocenters. The zero-order valence-corrected chi connectivity index (χ0v) is 19.3. The Morgan fingerprint density at radius 3 is 2.15 bits per heavy atom. The summed E-state index contributed by atoms with van der Waals surface area (Å²) in [4.78, 5) is 14.4. The second-order valence-electron chi connectivity index (χ2n) is 7.89. The highest BCUT2D eigenvalue weighted by Crippen LogP contribution is 2.19. The molecule has 0 bridgehead atoms. The number of imidazole rings is 1. The molecule has 33 heavy (non-hydrogen) atoms.